The number of hydrazine groups is 2. The second-order valence-corrected chi connectivity index (χ2v) is 6.86. The Morgan fingerprint density at radius 1 is 0.615 bits per heavy atom. The van der Waals surface area contributed by atoms with Crippen LogP contribution in [-0.4, -0.2) is 15.3 Å². The van der Waals surface area contributed by atoms with Crippen LogP contribution in [0.15, 0.2) is 48.5 Å². The third kappa shape index (κ3) is 7.54. The summed E-state index contributed by atoms with van der Waals surface area (Å²) in [4.78, 5) is 0. The van der Waals surface area contributed by atoms with Crippen LogP contribution in [0.25, 0.3) is 0 Å². The molecule has 0 aromatic heterocycles. The number of benzene rings is 2. The Morgan fingerprint density at radius 3 is 1.38 bits per heavy atom. The van der Waals surface area contributed by atoms with Crippen molar-refractivity contribution in [2.24, 2.45) is 0 Å². The summed E-state index contributed by atoms with van der Waals surface area (Å²) in [6, 6.07) is 14.3. The number of nitrogens with one attached hydrogen (secondary N) is 6. The molecule has 0 atom stereocenters. The lowest BCUT2D eigenvalue weighted by molar-refractivity contribution is 0.788. The Bertz CT molecular complexity index is 752. The molecule has 0 bridgehead atoms. The van der Waals surface area contributed by atoms with Gasteiger partial charge in [0.25, 0.3) is 0 Å². The lowest BCUT2D eigenvalue weighted by Crippen LogP contribution is -2.53. The van der Waals surface area contributed by atoms with E-state index in [1.54, 1.807) is 24.3 Å². The van der Waals surface area contributed by atoms with Crippen molar-refractivity contribution in [3.8, 4) is 0 Å². The smallest absolute Gasteiger partial charge is 0.204 e. The van der Waals surface area contributed by atoms with Crippen molar-refractivity contribution in [3.63, 3.8) is 0 Å². The maximum atomic E-state index is 5.91. The van der Waals surface area contributed by atoms with Crippen molar-refractivity contribution in [2.75, 3.05) is 10.6 Å². The molecule has 0 amide bonds. The molecule has 0 radical (unpaired) electrons. The summed E-state index contributed by atoms with van der Waals surface area (Å²) in [5.74, 6) is 0. The van der Waals surface area contributed by atoms with Crippen molar-refractivity contribution < 1.29 is 0 Å². The highest BCUT2D eigenvalue weighted by Gasteiger charge is 2.01. The van der Waals surface area contributed by atoms with Gasteiger partial charge in [0.05, 0.1) is 0 Å². The highest BCUT2D eigenvalue weighted by Crippen LogP contribution is 2.15. The van der Waals surface area contributed by atoms with Gasteiger partial charge in [-0.3, -0.25) is 21.7 Å². The molecule has 6 N–H and O–H groups in total. The van der Waals surface area contributed by atoms with Crippen LogP contribution in [0.1, 0.15) is 0 Å². The van der Waals surface area contributed by atoms with Gasteiger partial charge in [-0.25, -0.2) is 0 Å². The van der Waals surface area contributed by atoms with Gasteiger partial charge in [0, 0.05) is 21.4 Å². The second kappa shape index (κ2) is 10.3. The third-order valence-electron chi connectivity index (χ3n) is 2.74. The summed E-state index contributed by atoms with van der Waals surface area (Å²) in [6.07, 6.45) is 0. The number of hydrogen-bond acceptors (Lipinski definition) is 3. The van der Waals surface area contributed by atoms with E-state index in [1.165, 1.54) is 0 Å². The first-order valence-corrected chi connectivity index (χ1v) is 9.11. The zero-order valence-corrected chi connectivity index (χ0v) is 17.1. The van der Waals surface area contributed by atoms with Crippen molar-refractivity contribution in [1.82, 2.24) is 21.7 Å². The molecular formula is C15H14Cl2N6S3. The molecule has 11 heteroatoms. The van der Waals surface area contributed by atoms with Gasteiger partial charge in [-0.05, 0) is 73.1 Å². The maximum Gasteiger partial charge on any atom is 0.204 e. The average molecular weight is 445 g/mol. The summed E-state index contributed by atoms with van der Waals surface area (Å²) in [7, 11) is 0. The lowest BCUT2D eigenvalue weighted by Gasteiger charge is -2.16. The van der Waals surface area contributed by atoms with E-state index in [4.69, 9.17) is 59.9 Å². The van der Waals surface area contributed by atoms with Crippen molar-refractivity contribution >= 4 is 86.6 Å². The van der Waals surface area contributed by atoms with Crippen LogP contribution >= 0.6 is 59.9 Å². The standard InChI is InChI=1S/C15H14Cl2N6S3/c16-9-3-1-5-11(7-9)18-13(24)20-22-15(26)23-21-14(25)19-12-6-2-4-10(17)8-12/h1-8H,(H2,18,20,24)(H2,19,21,25)(H2,22,23,26). The highest BCUT2D eigenvalue weighted by molar-refractivity contribution is 7.81. The molecule has 0 saturated carbocycles. The van der Waals surface area contributed by atoms with Gasteiger partial charge in [-0.2, -0.15) is 0 Å². The van der Waals surface area contributed by atoms with Crippen LogP contribution < -0.4 is 32.3 Å². The van der Waals surface area contributed by atoms with Gasteiger partial charge >= 0.3 is 0 Å². The molecule has 6 nitrogen and oxygen atoms in total. The summed E-state index contributed by atoms with van der Waals surface area (Å²) < 4.78 is 0. The van der Waals surface area contributed by atoms with Gasteiger partial charge in [-0.15, -0.1) is 0 Å². The predicted molar refractivity (Wildman–Crippen MR) is 120 cm³/mol. The number of thiocarbonyl (C=S) groups is 3. The SMILES string of the molecule is S=C(NNC(=S)Nc1cccc(Cl)c1)NNC(=S)Nc1cccc(Cl)c1. The first-order chi connectivity index (χ1) is 12.4. The lowest BCUT2D eigenvalue weighted by atomic mass is 10.3. The maximum absolute atomic E-state index is 5.91. The zero-order valence-electron chi connectivity index (χ0n) is 13.1. The Balaban J connectivity index is 1.68. The molecule has 0 spiro atoms. The fourth-order valence-corrected chi connectivity index (χ4v) is 2.54. The van der Waals surface area contributed by atoms with Crippen LogP contribution in [0.3, 0.4) is 0 Å². The van der Waals surface area contributed by atoms with Crippen molar-refractivity contribution in [2.45, 2.75) is 0 Å². The molecule has 2 aromatic carbocycles. The van der Waals surface area contributed by atoms with E-state index in [-0.39, 0.29) is 5.11 Å². The van der Waals surface area contributed by atoms with E-state index < -0.39 is 0 Å². The van der Waals surface area contributed by atoms with Crippen molar-refractivity contribution in [3.05, 3.63) is 58.6 Å². The molecule has 136 valence electrons. The first-order valence-electron chi connectivity index (χ1n) is 7.13. The minimum atomic E-state index is 0.232. The van der Waals surface area contributed by atoms with Crippen LogP contribution in [0.4, 0.5) is 11.4 Å². The van der Waals surface area contributed by atoms with Crippen LogP contribution in [-0.2, 0) is 0 Å². The van der Waals surface area contributed by atoms with Gasteiger partial charge in [0.15, 0.2) is 10.2 Å². The largest absolute Gasteiger partial charge is 0.331 e. The van der Waals surface area contributed by atoms with E-state index in [1.807, 2.05) is 24.3 Å². The van der Waals surface area contributed by atoms with E-state index >= 15 is 0 Å². The molecule has 0 saturated heterocycles. The van der Waals surface area contributed by atoms with E-state index in [9.17, 15) is 0 Å². The van der Waals surface area contributed by atoms with Crippen LogP contribution in [0.2, 0.25) is 10.0 Å². The fraction of sp³-hybridized carbons (Fsp3) is 0. The minimum absolute atomic E-state index is 0.232. The zero-order chi connectivity index (χ0) is 18.9. The normalized spacial score (nSPS) is 9.62. The van der Waals surface area contributed by atoms with Gasteiger partial charge in [0.1, 0.15) is 0 Å². The monoisotopic (exact) mass is 444 g/mol. The molecule has 0 aliphatic rings. The topological polar surface area (TPSA) is 72.2 Å². The number of hydrogen-bond donors (Lipinski definition) is 6. The second-order valence-electron chi connectivity index (χ2n) is 4.76. The molecule has 2 rings (SSSR count). The molecule has 0 unspecified atom stereocenters. The predicted octanol–water partition coefficient (Wildman–Crippen LogP) is 3.56. The first kappa shape index (κ1) is 20.4. The highest BCUT2D eigenvalue weighted by atomic mass is 35.5. The van der Waals surface area contributed by atoms with Gasteiger partial charge < -0.3 is 10.6 Å². The number of rotatable bonds is 2. The molecule has 0 aliphatic carbocycles. The third-order valence-corrected chi connectivity index (χ3v) is 3.83. The summed E-state index contributed by atoms with van der Waals surface area (Å²) >= 11 is 27.2. The van der Waals surface area contributed by atoms with Crippen LogP contribution in [0, 0.1) is 0 Å². The molecule has 0 fully saturated rings. The van der Waals surface area contributed by atoms with Crippen LogP contribution in [0.5, 0.6) is 0 Å². The number of halogens is 2. The average Bonchev–Trinajstić information content (AvgIpc) is 2.58. The summed E-state index contributed by atoms with van der Waals surface area (Å²) in [5, 5.41) is 7.98. The molecular weight excluding hydrogens is 431 g/mol. The van der Waals surface area contributed by atoms with E-state index in [2.05, 4.69) is 32.3 Å². The minimum Gasteiger partial charge on any atom is -0.331 e. The van der Waals surface area contributed by atoms with E-state index in [0.717, 1.165) is 11.4 Å². The summed E-state index contributed by atoms with van der Waals surface area (Å²) in [5.41, 5.74) is 12.4. The van der Waals surface area contributed by atoms with Gasteiger partial charge in [0.2, 0.25) is 5.11 Å². The Morgan fingerprint density at radius 2 is 1.00 bits per heavy atom. The Hall–Kier alpha value is -1.91. The summed E-state index contributed by atoms with van der Waals surface area (Å²) in [6.45, 7) is 0. The molecule has 0 heterocycles. The molecule has 2 aromatic rings. The fourth-order valence-electron chi connectivity index (χ4n) is 1.72. The quantitative estimate of drug-likeness (QED) is 0.308. The van der Waals surface area contributed by atoms with Gasteiger partial charge in [-0.1, -0.05) is 35.3 Å². The Labute approximate surface area is 177 Å². The number of anilines is 2. The molecule has 26 heavy (non-hydrogen) atoms. The Kier molecular flexibility index (Phi) is 8.07. The van der Waals surface area contributed by atoms with Crippen molar-refractivity contribution in [1.29, 1.82) is 0 Å². The van der Waals surface area contributed by atoms with E-state index in [0.29, 0.717) is 20.3 Å². The molecule has 0 aliphatic heterocycles.